The van der Waals surface area contributed by atoms with Gasteiger partial charge in [-0.3, -0.25) is 0 Å². The van der Waals surface area contributed by atoms with Crippen molar-refractivity contribution in [3.05, 3.63) is 11.1 Å². The predicted octanol–water partition coefficient (Wildman–Crippen LogP) is 3.66. The molecule has 0 aromatic carbocycles. The summed E-state index contributed by atoms with van der Waals surface area (Å²) >= 11 is 1.84. The number of anilines is 1. The summed E-state index contributed by atoms with van der Waals surface area (Å²) in [6, 6.07) is 0. The molecule has 1 aliphatic heterocycles. The highest BCUT2D eigenvalue weighted by molar-refractivity contribution is 7.15. The molecule has 1 unspecified atom stereocenters. The van der Waals surface area contributed by atoms with E-state index < -0.39 is 0 Å². The van der Waals surface area contributed by atoms with Crippen LogP contribution in [0.2, 0.25) is 0 Å². The highest BCUT2D eigenvalue weighted by Crippen LogP contribution is 2.26. The van der Waals surface area contributed by atoms with Crippen LogP contribution in [-0.2, 0) is 6.54 Å². The molecule has 3 nitrogen and oxygen atoms in total. The minimum atomic E-state index is 0.169. The molecule has 1 aliphatic rings. The van der Waals surface area contributed by atoms with Gasteiger partial charge in [-0.25, -0.2) is 4.98 Å². The van der Waals surface area contributed by atoms with Crippen molar-refractivity contribution in [2.24, 2.45) is 5.92 Å². The molecule has 1 aromatic heterocycles. The van der Waals surface area contributed by atoms with Crippen LogP contribution in [0, 0.1) is 5.92 Å². The molecule has 2 heterocycles. The number of nitrogens with zero attached hydrogens (tertiary/aromatic N) is 2. The maximum atomic E-state index is 4.61. The lowest BCUT2D eigenvalue weighted by Gasteiger charge is -2.20. The fourth-order valence-corrected chi connectivity index (χ4v) is 3.23. The van der Waals surface area contributed by atoms with Crippen molar-refractivity contribution in [1.82, 2.24) is 10.3 Å². The molecular weight excluding hydrogens is 254 g/mol. The molecule has 108 valence electrons. The summed E-state index contributed by atoms with van der Waals surface area (Å²) in [6.45, 7) is 12.2. The SMILES string of the molecule is CC1CCCN(c2ncc(CNC(C)(C)C)s2)CC1. The first kappa shape index (κ1) is 14.8. The topological polar surface area (TPSA) is 28.2 Å². The number of rotatable bonds is 3. The van der Waals surface area contributed by atoms with E-state index in [4.69, 9.17) is 0 Å². The van der Waals surface area contributed by atoms with E-state index in [2.05, 4.69) is 42.9 Å². The first-order valence-corrected chi connectivity index (χ1v) is 8.20. The second-order valence-electron chi connectivity index (χ2n) is 6.74. The highest BCUT2D eigenvalue weighted by atomic mass is 32.1. The first-order valence-electron chi connectivity index (χ1n) is 7.39. The fourth-order valence-electron chi connectivity index (χ4n) is 2.33. The summed E-state index contributed by atoms with van der Waals surface area (Å²) in [5.41, 5.74) is 0.169. The quantitative estimate of drug-likeness (QED) is 0.916. The summed E-state index contributed by atoms with van der Waals surface area (Å²) in [4.78, 5) is 8.41. The minimum absolute atomic E-state index is 0.169. The Morgan fingerprint density at radius 1 is 1.37 bits per heavy atom. The van der Waals surface area contributed by atoms with Gasteiger partial charge in [-0.1, -0.05) is 6.92 Å². The van der Waals surface area contributed by atoms with Crippen LogP contribution < -0.4 is 10.2 Å². The zero-order valence-corrected chi connectivity index (χ0v) is 13.5. The third-order valence-electron chi connectivity index (χ3n) is 3.62. The van der Waals surface area contributed by atoms with E-state index in [1.165, 1.54) is 42.4 Å². The fraction of sp³-hybridized carbons (Fsp3) is 0.800. The zero-order valence-electron chi connectivity index (χ0n) is 12.7. The monoisotopic (exact) mass is 281 g/mol. The Balaban J connectivity index is 1.92. The lowest BCUT2D eigenvalue weighted by Crippen LogP contribution is -2.34. The molecule has 1 fully saturated rings. The van der Waals surface area contributed by atoms with Crippen LogP contribution in [0.5, 0.6) is 0 Å². The van der Waals surface area contributed by atoms with Crippen molar-refractivity contribution in [3.63, 3.8) is 0 Å². The van der Waals surface area contributed by atoms with Crippen molar-refractivity contribution >= 4 is 16.5 Å². The van der Waals surface area contributed by atoms with Gasteiger partial charge in [-0.15, -0.1) is 11.3 Å². The van der Waals surface area contributed by atoms with Crippen LogP contribution >= 0.6 is 11.3 Å². The van der Waals surface area contributed by atoms with Gasteiger partial charge in [-0.2, -0.15) is 0 Å². The van der Waals surface area contributed by atoms with Crippen molar-refractivity contribution in [2.45, 2.75) is 59.0 Å². The summed E-state index contributed by atoms with van der Waals surface area (Å²) in [5.74, 6) is 0.868. The molecule has 1 N–H and O–H groups in total. The van der Waals surface area contributed by atoms with Gasteiger partial charge in [0.15, 0.2) is 5.13 Å². The Morgan fingerprint density at radius 3 is 2.89 bits per heavy atom. The second kappa shape index (κ2) is 6.23. The molecule has 0 aliphatic carbocycles. The van der Waals surface area contributed by atoms with Gasteiger partial charge in [0.25, 0.3) is 0 Å². The standard InChI is InChI=1S/C15H27N3S/c1-12-6-5-8-18(9-7-12)14-16-10-13(19-14)11-17-15(2,3)4/h10,12,17H,5-9,11H2,1-4H3. The van der Waals surface area contributed by atoms with E-state index in [1.807, 2.05) is 17.5 Å². The Labute approximate surface area is 121 Å². The number of hydrogen-bond acceptors (Lipinski definition) is 4. The third-order valence-corrected chi connectivity index (χ3v) is 4.68. The molecule has 2 rings (SSSR count). The summed E-state index contributed by atoms with van der Waals surface area (Å²) in [5, 5.41) is 4.73. The molecule has 0 spiro atoms. The van der Waals surface area contributed by atoms with E-state index in [1.54, 1.807) is 0 Å². The Kier molecular flexibility index (Phi) is 4.85. The van der Waals surface area contributed by atoms with E-state index in [9.17, 15) is 0 Å². The van der Waals surface area contributed by atoms with Crippen LogP contribution in [0.25, 0.3) is 0 Å². The summed E-state index contributed by atoms with van der Waals surface area (Å²) in [6.07, 6.45) is 6.00. The van der Waals surface area contributed by atoms with E-state index in [-0.39, 0.29) is 5.54 Å². The molecule has 0 bridgehead atoms. The van der Waals surface area contributed by atoms with Crippen molar-refractivity contribution in [2.75, 3.05) is 18.0 Å². The molecule has 1 atom stereocenters. The van der Waals surface area contributed by atoms with Gasteiger partial charge < -0.3 is 10.2 Å². The van der Waals surface area contributed by atoms with E-state index in [0.29, 0.717) is 0 Å². The molecule has 1 aromatic rings. The van der Waals surface area contributed by atoms with Crippen LogP contribution in [0.1, 0.15) is 51.8 Å². The normalized spacial score (nSPS) is 21.5. The van der Waals surface area contributed by atoms with Gasteiger partial charge in [0.2, 0.25) is 0 Å². The predicted molar refractivity (Wildman–Crippen MR) is 83.9 cm³/mol. The maximum absolute atomic E-state index is 4.61. The number of hydrogen-bond donors (Lipinski definition) is 1. The molecule has 1 saturated heterocycles. The number of thiazole rings is 1. The van der Waals surface area contributed by atoms with Crippen molar-refractivity contribution in [3.8, 4) is 0 Å². The summed E-state index contributed by atoms with van der Waals surface area (Å²) in [7, 11) is 0. The highest BCUT2D eigenvalue weighted by Gasteiger charge is 2.17. The second-order valence-corrected chi connectivity index (χ2v) is 7.83. The van der Waals surface area contributed by atoms with E-state index >= 15 is 0 Å². The van der Waals surface area contributed by atoms with Gasteiger partial charge >= 0.3 is 0 Å². The molecule has 0 saturated carbocycles. The van der Waals surface area contributed by atoms with Gasteiger partial charge in [0, 0.05) is 36.2 Å². The average Bonchev–Trinajstić information content (AvgIpc) is 2.69. The van der Waals surface area contributed by atoms with Crippen molar-refractivity contribution in [1.29, 1.82) is 0 Å². The first-order chi connectivity index (χ1) is 8.94. The van der Waals surface area contributed by atoms with Crippen molar-refractivity contribution < 1.29 is 0 Å². The Bertz CT molecular complexity index is 394. The number of aromatic nitrogens is 1. The van der Waals surface area contributed by atoms with Crippen LogP contribution in [0.15, 0.2) is 6.20 Å². The lowest BCUT2D eigenvalue weighted by molar-refractivity contribution is 0.426. The van der Waals surface area contributed by atoms with Crippen LogP contribution in [0.4, 0.5) is 5.13 Å². The molecule has 0 radical (unpaired) electrons. The Morgan fingerprint density at radius 2 is 2.16 bits per heavy atom. The van der Waals surface area contributed by atoms with Crippen LogP contribution in [0.3, 0.4) is 0 Å². The Hall–Kier alpha value is -0.610. The number of nitrogens with one attached hydrogen (secondary N) is 1. The van der Waals surface area contributed by atoms with Gasteiger partial charge in [0.05, 0.1) is 0 Å². The smallest absolute Gasteiger partial charge is 0.185 e. The molecular formula is C15H27N3S. The van der Waals surface area contributed by atoms with Crippen LogP contribution in [-0.4, -0.2) is 23.6 Å². The summed E-state index contributed by atoms with van der Waals surface area (Å²) < 4.78 is 0. The largest absolute Gasteiger partial charge is 0.348 e. The molecule has 0 amide bonds. The molecule has 19 heavy (non-hydrogen) atoms. The molecule has 4 heteroatoms. The lowest BCUT2D eigenvalue weighted by atomic mass is 10.0. The third kappa shape index (κ3) is 4.77. The zero-order chi connectivity index (χ0) is 13.9. The van der Waals surface area contributed by atoms with E-state index in [0.717, 1.165) is 12.5 Å². The van der Waals surface area contributed by atoms with Gasteiger partial charge in [0.1, 0.15) is 0 Å². The minimum Gasteiger partial charge on any atom is -0.348 e. The average molecular weight is 281 g/mol. The maximum Gasteiger partial charge on any atom is 0.185 e. The van der Waals surface area contributed by atoms with Gasteiger partial charge in [-0.05, 0) is 46.0 Å².